The van der Waals surface area contributed by atoms with Crippen LogP contribution >= 0.6 is 0 Å². The molecule has 0 aliphatic rings. The van der Waals surface area contributed by atoms with E-state index in [0.29, 0.717) is 11.3 Å². The van der Waals surface area contributed by atoms with Crippen molar-refractivity contribution in [2.24, 2.45) is 0 Å². The summed E-state index contributed by atoms with van der Waals surface area (Å²) in [6, 6.07) is 11.9. The van der Waals surface area contributed by atoms with Gasteiger partial charge in [-0.3, -0.25) is 14.2 Å². The van der Waals surface area contributed by atoms with Gasteiger partial charge < -0.3 is 10.1 Å². The van der Waals surface area contributed by atoms with Gasteiger partial charge in [-0.05, 0) is 35.4 Å². The topological polar surface area (TPSA) is 104 Å². The van der Waals surface area contributed by atoms with Gasteiger partial charge in [-0.15, -0.1) is 5.10 Å². The maximum Gasteiger partial charge on any atom is 0.416 e. The lowest BCUT2D eigenvalue weighted by molar-refractivity contribution is -0.137. The van der Waals surface area contributed by atoms with Crippen LogP contribution in [0.3, 0.4) is 0 Å². The summed E-state index contributed by atoms with van der Waals surface area (Å²) in [5.41, 5.74) is -0.168. The Morgan fingerprint density at radius 2 is 1.88 bits per heavy atom. The fraction of sp³-hybridized carbons (Fsp3) is 0.227. The molecule has 0 radical (unpaired) electrons. The molecule has 12 heteroatoms. The third-order valence-corrected chi connectivity index (χ3v) is 5.04. The fourth-order valence-corrected chi connectivity index (χ4v) is 3.28. The number of ether oxygens (including phenoxy) is 1. The van der Waals surface area contributed by atoms with Crippen molar-refractivity contribution in [1.82, 2.24) is 29.9 Å². The van der Waals surface area contributed by atoms with E-state index in [9.17, 15) is 22.8 Å². The number of hydrogen-bond acceptors (Lipinski definition) is 6. The van der Waals surface area contributed by atoms with Crippen molar-refractivity contribution in [2.75, 3.05) is 7.11 Å². The minimum absolute atomic E-state index is 0.0563. The number of rotatable bonds is 7. The number of alkyl halides is 3. The highest BCUT2D eigenvalue weighted by Gasteiger charge is 2.30. The summed E-state index contributed by atoms with van der Waals surface area (Å²) in [7, 11) is 1.56. The quantitative estimate of drug-likeness (QED) is 0.443. The summed E-state index contributed by atoms with van der Waals surface area (Å²) in [6.45, 7) is -0.0714. The smallest absolute Gasteiger partial charge is 0.416 e. The Labute approximate surface area is 190 Å². The third kappa shape index (κ3) is 5.05. The minimum Gasteiger partial charge on any atom is -0.497 e. The lowest BCUT2D eigenvalue weighted by Crippen LogP contribution is -2.32. The first-order valence-electron chi connectivity index (χ1n) is 10.1. The molecular weight excluding hydrogens is 453 g/mol. The van der Waals surface area contributed by atoms with E-state index in [4.69, 9.17) is 4.74 Å². The van der Waals surface area contributed by atoms with E-state index in [0.717, 1.165) is 22.3 Å². The number of hydrogen-bond donors (Lipinski definition) is 1. The molecule has 0 spiro atoms. The van der Waals surface area contributed by atoms with E-state index in [1.165, 1.54) is 23.1 Å². The molecule has 2 aromatic carbocycles. The third-order valence-electron chi connectivity index (χ3n) is 5.04. The van der Waals surface area contributed by atoms with Crippen LogP contribution in [0.15, 0.2) is 59.7 Å². The molecule has 0 saturated heterocycles. The summed E-state index contributed by atoms with van der Waals surface area (Å²) in [6.07, 6.45) is -3.29. The lowest BCUT2D eigenvalue weighted by atomic mass is 10.1. The van der Waals surface area contributed by atoms with Crippen molar-refractivity contribution in [3.05, 3.63) is 81.9 Å². The van der Waals surface area contributed by atoms with Crippen LogP contribution in [0.25, 0.3) is 11.2 Å². The Hall–Kier alpha value is -4.22. The van der Waals surface area contributed by atoms with Crippen LogP contribution in [-0.4, -0.2) is 37.6 Å². The lowest BCUT2D eigenvalue weighted by Gasteiger charge is -2.09. The van der Waals surface area contributed by atoms with E-state index in [1.54, 1.807) is 19.2 Å². The van der Waals surface area contributed by atoms with Crippen molar-refractivity contribution >= 4 is 17.1 Å². The summed E-state index contributed by atoms with van der Waals surface area (Å²) < 4.78 is 46.3. The average molecular weight is 472 g/mol. The van der Waals surface area contributed by atoms with Gasteiger partial charge in [-0.25, -0.2) is 9.67 Å². The number of carbonyl (C=O) groups excluding carboxylic acids is 1. The second-order valence-electron chi connectivity index (χ2n) is 7.42. The highest BCUT2D eigenvalue weighted by Crippen LogP contribution is 2.29. The predicted octanol–water partition coefficient (Wildman–Crippen LogP) is 2.38. The van der Waals surface area contributed by atoms with Crippen molar-refractivity contribution in [1.29, 1.82) is 0 Å². The molecule has 0 saturated carbocycles. The Kier molecular flexibility index (Phi) is 6.30. The van der Waals surface area contributed by atoms with Crippen molar-refractivity contribution in [3.63, 3.8) is 0 Å². The zero-order chi connectivity index (χ0) is 24.3. The van der Waals surface area contributed by atoms with Gasteiger partial charge in [0.2, 0.25) is 5.91 Å². The Morgan fingerprint density at radius 1 is 1.12 bits per heavy atom. The summed E-state index contributed by atoms with van der Waals surface area (Å²) in [5.74, 6) is 0.289. The zero-order valence-electron chi connectivity index (χ0n) is 17.9. The fourth-order valence-electron chi connectivity index (χ4n) is 3.28. The average Bonchev–Trinajstić information content (AvgIpc) is 3.23. The van der Waals surface area contributed by atoms with E-state index in [1.807, 2.05) is 12.1 Å². The summed E-state index contributed by atoms with van der Waals surface area (Å²) >= 11 is 0. The summed E-state index contributed by atoms with van der Waals surface area (Å²) in [5, 5.41) is 10.4. The first kappa shape index (κ1) is 23.0. The highest BCUT2D eigenvalue weighted by molar-refractivity contribution is 5.76. The molecule has 0 fully saturated rings. The van der Waals surface area contributed by atoms with Gasteiger partial charge in [-0.2, -0.15) is 13.2 Å². The molecular formula is C22H19F3N6O3. The first-order valence-corrected chi connectivity index (χ1v) is 10.1. The molecule has 0 aliphatic carbocycles. The van der Waals surface area contributed by atoms with Crippen LogP contribution in [0.1, 0.15) is 16.7 Å². The summed E-state index contributed by atoms with van der Waals surface area (Å²) in [4.78, 5) is 29.2. The first-order chi connectivity index (χ1) is 16.2. The number of halogens is 3. The molecule has 176 valence electrons. The SMILES string of the molecule is COc1ccc(CNC(=O)Cn2cnc3c(nnn3Cc3cccc(C(F)(F)F)c3)c2=O)cc1. The highest BCUT2D eigenvalue weighted by atomic mass is 19.4. The Balaban J connectivity index is 1.46. The number of amides is 1. The van der Waals surface area contributed by atoms with Gasteiger partial charge in [-0.1, -0.05) is 29.5 Å². The standard InChI is InChI=1S/C22H19F3N6O3/c1-34-17-7-5-14(6-8-17)10-26-18(32)12-30-13-27-20-19(21(30)33)28-29-31(20)11-15-3-2-4-16(9-15)22(23,24)25/h2-9,13H,10-12H2,1H3,(H,26,32). The maximum absolute atomic E-state index is 13.0. The van der Waals surface area contributed by atoms with Crippen LogP contribution < -0.4 is 15.6 Å². The van der Waals surface area contributed by atoms with Crippen molar-refractivity contribution < 1.29 is 22.7 Å². The Bertz CT molecular complexity index is 1380. The van der Waals surface area contributed by atoms with E-state index in [-0.39, 0.29) is 30.8 Å². The van der Waals surface area contributed by atoms with Crippen LogP contribution in [0.4, 0.5) is 13.2 Å². The molecule has 2 heterocycles. The second kappa shape index (κ2) is 9.33. The number of methoxy groups -OCH3 is 1. The molecule has 1 N–H and O–H groups in total. The minimum atomic E-state index is -4.47. The Morgan fingerprint density at radius 3 is 2.59 bits per heavy atom. The molecule has 9 nitrogen and oxygen atoms in total. The van der Waals surface area contributed by atoms with Gasteiger partial charge in [0.15, 0.2) is 11.2 Å². The zero-order valence-corrected chi connectivity index (χ0v) is 17.9. The number of carbonyl (C=O) groups is 1. The van der Waals surface area contributed by atoms with Crippen LogP contribution in [0.2, 0.25) is 0 Å². The number of benzene rings is 2. The molecule has 4 aromatic rings. The molecule has 0 aliphatic heterocycles. The molecule has 1 amide bonds. The van der Waals surface area contributed by atoms with E-state index < -0.39 is 23.2 Å². The van der Waals surface area contributed by atoms with Crippen LogP contribution in [0, 0.1) is 0 Å². The van der Waals surface area contributed by atoms with Gasteiger partial charge in [0, 0.05) is 6.54 Å². The molecule has 0 bridgehead atoms. The number of fused-ring (bicyclic) bond motifs is 1. The van der Waals surface area contributed by atoms with Crippen LogP contribution in [0.5, 0.6) is 5.75 Å². The van der Waals surface area contributed by atoms with E-state index in [2.05, 4.69) is 20.6 Å². The van der Waals surface area contributed by atoms with Gasteiger partial charge >= 0.3 is 6.18 Å². The number of nitrogens with one attached hydrogen (secondary N) is 1. The largest absolute Gasteiger partial charge is 0.497 e. The van der Waals surface area contributed by atoms with Crippen molar-refractivity contribution in [3.8, 4) is 5.75 Å². The molecule has 0 atom stereocenters. The van der Waals surface area contributed by atoms with Crippen molar-refractivity contribution in [2.45, 2.75) is 25.8 Å². The molecule has 34 heavy (non-hydrogen) atoms. The number of nitrogens with zero attached hydrogens (tertiary/aromatic N) is 5. The molecule has 0 unspecified atom stereocenters. The molecule has 4 rings (SSSR count). The van der Waals surface area contributed by atoms with Gasteiger partial charge in [0.05, 0.1) is 19.2 Å². The normalized spacial score (nSPS) is 11.5. The second-order valence-corrected chi connectivity index (χ2v) is 7.42. The predicted molar refractivity (Wildman–Crippen MR) is 115 cm³/mol. The monoisotopic (exact) mass is 472 g/mol. The number of aromatic nitrogens is 5. The van der Waals surface area contributed by atoms with Gasteiger partial charge in [0.1, 0.15) is 18.6 Å². The van der Waals surface area contributed by atoms with Gasteiger partial charge in [0.25, 0.3) is 5.56 Å². The van der Waals surface area contributed by atoms with E-state index >= 15 is 0 Å². The maximum atomic E-state index is 13.0. The van der Waals surface area contributed by atoms with Crippen LogP contribution in [-0.2, 0) is 30.6 Å². The molecule has 2 aromatic heterocycles.